The largest absolute Gasteiger partial charge is 0.483 e. The number of benzene rings is 2. The zero-order chi connectivity index (χ0) is 20.5. The van der Waals surface area contributed by atoms with Gasteiger partial charge in [0.2, 0.25) is 0 Å². The second kappa shape index (κ2) is 10.4. The van der Waals surface area contributed by atoms with Crippen LogP contribution in [0.3, 0.4) is 0 Å². The molecule has 0 aliphatic carbocycles. The Hall–Kier alpha value is -2.93. The van der Waals surface area contributed by atoms with Crippen LogP contribution in [0.15, 0.2) is 48.5 Å². The summed E-state index contributed by atoms with van der Waals surface area (Å²) in [4.78, 5) is 23.9. The van der Waals surface area contributed by atoms with Crippen LogP contribution in [0, 0.1) is 0 Å². The summed E-state index contributed by atoms with van der Waals surface area (Å²) in [5, 5.41) is 5.55. The average molecular weight is 401 g/mol. The van der Waals surface area contributed by atoms with Crippen LogP contribution in [0.4, 0.5) is 5.69 Å². The van der Waals surface area contributed by atoms with Crippen LogP contribution in [-0.2, 0) is 9.53 Å². The minimum absolute atomic E-state index is 0.117. The second-order valence-electron chi connectivity index (χ2n) is 6.28. The van der Waals surface area contributed by atoms with Crippen molar-refractivity contribution in [2.24, 2.45) is 0 Å². The molecule has 2 rings (SSSR count). The number of carbonyl (C=O) groups is 2. The zero-order valence-electron chi connectivity index (χ0n) is 16.2. The fraction of sp³-hybridized carbons (Fsp3) is 0.286. The summed E-state index contributed by atoms with van der Waals surface area (Å²) in [6.07, 6.45) is 0. The lowest BCUT2D eigenvalue weighted by Crippen LogP contribution is -2.37. The van der Waals surface area contributed by atoms with Crippen LogP contribution >= 0.6 is 12.2 Å². The molecule has 148 valence electrons. The number of hydrogen-bond donors (Lipinski definition) is 2. The van der Waals surface area contributed by atoms with E-state index < -0.39 is 5.97 Å². The average Bonchev–Trinajstić information content (AvgIpc) is 2.66. The molecule has 6 nitrogen and oxygen atoms in total. The van der Waals surface area contributed by atoms with E-state index in [-0.39, 0.29) is 23.5 Å². The molecule has 0 aromatic heterocycles. The Morgan fingerprint density at radius 3 is 2.57 bits per heavy atom. The third-order valence-corrected chi connectivity index (χ3v) is 3.99. The Kier molecular flexibility index (Phi) is 7.95. The van der Waals surface area contributed by atoms with E-state index in [1.807, 2.05) is 24.3 Å². The summed E-state index contributed by atoms with van der Waals surface area (Å²) in [5.74, 6) is 0.165. The summed E-state index contributed by atoms with van der Waals surface area (Å²) in [6, 6.07) is 14.3. The van der Waals surface area contributed by atoms with Gasteiger partial charge in [0.15, 0.2) is 11.7 Å². The van der Waals surface area contributed by atoms with Gasteiger partial charge in [0.1, 0.15) is 5.75 Å². The Balaban J connectivity index is 1.89. The van der Waals surface area contributed by atoms with Crippen molar-refractivity contribution in [1.82, 2.24) is 5.32 Å². The monoisotopic (exact) mass is 400 g/mol. The molecule has 1 amide bonds. The van der Waals surface area contributed by atoms with E-state index in [1.165, 1.54) is 0 Å². The number of para-hydroxylation sites is 1. The highest BCUT2D eigenvalue weighted by molar-refractivity contribution is 7.80. The van der Waals surface area contributed by atoms with Crippen LogP contribution in [0.5, 0.6) is 5.75 Å². The molecule has 2 aromatic rings. The van der Waals surface area contributed by atoms with Crippen molar-refractivity contribution < 1.29 is 19.1 Å². The topological polar surface area (TPSA) is 76.7 Å². The van der Waals surface area contributed by atoms with Gasteiger partial charge in [0, 0.05) is 5.69 Å². The molecule has 0 aliphatic heterocycles. The molecular weight excluding hydrogens is 376 g/mol. The van der Waals surface area contributed by atoms with E-state index in [2.05, 4.69) is 24.5 Å². The van der Waals surface area contributed by atoms with Gasteiger partial charge >= 0.3 is 5.97 Å². The minimum Gasteiger partial charge on any atom is -0.483 e. The molecule has 2 N–H and O–H groups in total. The molecule has 7 heteroatoms. The molecule has 0 bridgehead atoms. The number of amides is 1. The first-order chi connectivity index (χ1) is 13.4. The smallest absolute Gasteiger partial charge is 0.338 e. The third kappa shape index (κ3) is 6.35. The lowest BCUT2D eigenvalue weighted by molar-refractivity contribution is -0.121. The van der Waals surface area contributed by atoms with E-state index in [9.17, 15) is 9.59 Å². The number of esters is 1. The summed E-state index contributed by atoms with van der Waals surface area (Å²) in [7, 11) is 0. The standard InChI is InChI=1S/C21H24N2O4S/c1-4-26-20(25)15-8-7-9-16(12-15)22-21(28)23-19(24)13-27-18-11-6-5-10-17(18)14(2)3/h5-12,14H,4,13H2,1-3H3,(H2,22,23,24,28). The van der Waals surface area contributed by atoms with Gasteiger partial charge in [-0.05, 0) is 54.9 Å². The van der Waals surface area contributed by atoms with Gasteiger partial charge in [-0.15, -0.1) is 0 Å². The van der Waals surface area contributed by atoms with Gasteiger partial charge in [0.25, 0.3) is 5.91 Å². The highest BCUT2D eigenvalue weighted by Crippen LogP contribution is 2.25. The van der Waals surface area contributed by atoms with Crippen molar-refractivity contribution in [2.75, 3.05) is 18.5 Å². The third-order valence-electron chi connectivity index (χ3n) is 3.78. The highest BCUT2D eigenvalue weighted by Gasteiger charge is 2.11. The summed E-state index contributed by atoms with van der Waals surface area (Å²) in [5.41, 5.74) is 2.00. The fourth-order valence-electron chi connectivity index (χ4n) is 2.50. The minimum atomic E-state index is -0.418. The predicted octanol–water partition coefficient (Wildman–Crippen LogP) is 3.88. The summed E-state index contributed by atoms with van der Waals surface area (Å²) in [6.45, 7) is 6.00. The molecule has 2 aromatic carbocycles. The maximum absolute atomic E-state index is 12.1. The lowest BCUT2D eigenvalue weighted by atomic mass is 10.0. The van der Waals surface area contributed by atoms with Gasteiger partial charge in [-0.1, -0.05) is 38.1 Å². The van der Waals surface area contributed by atoms with E-state index in [4.69, 9.17) is 21.7 Å². The van der Waals surface area contributed by atoms with E-state index in [1.54, 1.807) is 31.2 Å². The maximum Gasteiger partial charge on any atom is 0.338 e. The number of hydrogen-bond acceptors (Lipinski definition) is 5. The summed E-state index contributed by atoms with van der Waals surface area (Å²) >= 11 is 5.16. The normalized spacial score (nSPS) is 10.3. The Morgan fingerprint density at radius 1 is 1.11 bits per heavy atom. The van der Waals surface area contributed by atoms with Crippen LogP contribution in [0.25, 0.3) is 0 Å². The Bertz CT molecular complexity index is 852. The maximum atomic E-state index is 12.1. The number of nitrogens with one attached hydrogen (secondary N) is 2. The molecule has 0 saturated carbocycles. The number of carbonyl (C=O) groups excluding carboxylic acids is 2. The molecule has 0 atom stereocenters. The van der Waals surface area contributed by atoms with Crippen LogP contribution < -0.4 is 15.4 Å². The lowest BCUT2D eigenvalue weighted by Gasteiger charge is -2.14. The van der Waals surface area contributed by atoms with E-state index in [0.29, 0.717) is 23.6 Å². The fourth-order valence-corrected chi connectivity index (χ4v) is 2.73. The number of rotatable bonds is 7. The van der Waals surface area contributed by atoms with Crippen molar-refractivity contribution in [1.29, 1.82) is 0 Å². The van der Waals surface area contributed by atoms with Crippen molar-refractivity contribution in [3.8, 4) is 5.75 Å². The first-order valence-electron chi connectivity index (χ1n) is 9.00. The van der Waals surface area contributed by atoms with Crippen LogP contribution in [0.2, 0.25) is 0 Å². The molecular formula is C21H24N2O4S. The van der Waals surface area contributed by atoms with Gasteiger partial charge in [0.05, 0.1) is 12.2 Å². The number of thiocarbonyl (C=S) groups is 1. The van der Waals surface area contributed by atoms with Gasteiger partial charge in [-0.25, -0.2) is 4.79 Å². The van der Waals surface area contributed by atoms with Crippen molar-refractivity contribution >= 4 is 34.9 Å². The SMILES string of the molecule is CCOC(=O)c1cccc(NC(=S)NC(=O)COc2ccccc2C(C)C)c1. The van der Waals surface area contributed by atoms with E-state index in [0.717, 1.165) is 5.56 Å². The predicted molar refractivity (Wildman–Crippen MR) is 113 cm³/mol. The van der Waals surface area contributed by atoms with Crippen molar-refractivity contribution in [2.45, 2.75) is 26.7 Å². The van der Waals surface area contributed by atoms with Crippen molar-refractivity contribution in [3.05, 3.63) is 59.7 Å². The van der Waals surface area contributed by atoms with Gasteiger partial charge in [-0.2, -0.15) is 0 Å². The molecule has 0 spiro atoms. The van der Waals surface area contributed by atoms with Crippen molar-refractivity contribution in [3.63, 3.8) is 0 Å². The van der Waals surface area contributed by atoms with E-state index >= 15 is 0 Å². The molecule has 0 saturated heterocycles. The molecule has 0 unspecified atom stereocenters. The van der Waals surface area contributed by atoms with Gasteiger partial charge in [-0.3, -0.25) is 10.1 Å². The molecule has 28 heavy (non-hydrogen) atoms. The quantitative estimate of drug-likeness (QED) is 0.543. The first kappa shape index (κ1) is 21.4. The van der Waals surface area contributed by atoms with Crippen LogP contribution in [-0.4, -0.2) is 30.2 Å². The summed E-state index contributed by atoms with van der Waals surface area (Å²) < 4.78 is 10.6. The van der Waals surface area contributed by atoms with Crippen LogP contribution in [0.1, 0.15) is 42.6 Å². The molecule has 0 aliphatic rings. The molecule has 0 radical (unpaired) electrons. The first-order valence-corrected chi connectivity index (χ1v) is 9.41. The Morgan fingerprint density at radius 2 is 1.86 bits per heavy atom. The highest BCUT2D eigenvalue weighted by atomic mass is 32.1. The second-order valence-corrected chi connectivity index (χ2v) is 6.69. The number of anilines is 1. The number of ether oxygens (including phenoxy) is 2. The molecule has 0 fully saturated rings. The van der Waals surface area contributed by atoms with Gasteiger partial charge < -0.3 is 14.8 Å². The molecule has 0 heterocycles. The zero-order valence-corrected chi connectivity index (χ0v) is 17.0. The Labute approximate surface area is 170 Å².